The summed E-state index contributed by atoms with van der Waals surface area (Å²) in [5.41, 5.74) is -0.188. The van der Waals surface area contributed by atoms with E-state index < -0.39 is 11.7 Å². The summed E-state index contributed by atoms with van der Waals surface area (Å²) in [6.07, 6.45) is -1.29. The van der Waals surface area contributed by atoms with E-state index in [-0.39, 0.29) is 17.6 Å². The lowest BCUT2D eigenvalue weighted by atomic mass is 10.1. The number of amides is 1. The fourth-order valence-corrected chi connectivity index (χ4v) is 2.26. The molecule has 1 N–H and O–H groups in total. The lowest BCUT2D eigenvalue weighted by molar-refractivity contribution is -0.137. The van der Waals surface area contributed by atoms with E-state index in [0.717, 1.165) is 23.6 Å². The Morgan fingerprint density at radius 2 is 2.00 bits per heavy atom. The van der Waals surface area contributed by atoms with Crippen LogP contribution in [-0.2, 0) is 6.18 Å². The van der Waals surface area contributed by atoms with Gasteiger partial charge in [-0.15, -0.1) is 0 Å². The van der Waals surface area contributed by atoms with Gasteiger partial charge in [0.05, 0.1) is 28.7 Å². The molecular formula is C15H14F3N3O. The summed E-state index contributed by atoms with van der Waals surface area (Å²) in [5, 5.41) is 6.77. The summed E-state index contributed by atoms with van der Waals surface area (Å²) in [6, 6.07) is 5.35. The van der Waals surface area contributed by atoms with Gasteiger partial charge in [-0.3, -0.25) is 4.79 Å². The fraction of sp³-hybridized carbons (Fsp3) is 0.333. The monoisotopic (exact) mass is 309 g/mol. The molecule has 1 aliphatic rings. The van der Waals surface area contributed by atoms with Crippen LogP contribution in [0.15, 0.2) is 30.5 Å². The first-order valence-electron chi connectivity index (χ1n) is 6.90. The number of rotatable bonds is 3. The fourth-order valence-electron chi connectivity index (χ4n) is 2.26. The van der Waals surface area contributed by atoms with Crippen LogP contribution < -0.4 is 5.32 Å². The maximum Gasteiger partial charge on any atom is 0.418 e. The van der Waals surface area contributed by atoms with Gasteiger partial charge in [-0.2, -0.15) is 18.3 Å². The molecule has 1 aliphatic carbocycles. The average molecular weight is 309 g/mol. The van der Waals surface area contributed by atoms with Crippen LogP contribution in [0.3, 0.4) is 0 Å². The second kappa shape index (κ2) is 5.15. The zero-order valence-electron chi connectivity index (χ0n) is 11.8. The van der Waals surface area contributed by atoms with Crippen LogP contribution >= 0.6 is 0 Å². The number of para-hydroxylation sites is 1. The van der Waals surface area contributed by atoms with Crippen molar-refractivity contribution in [1.82, 2.24) is 15.1 Å². The molecule has 0 spiro atoms. The molecule has 0 aliphatic heterocycles. The standard InChI is InChI=1S/C15H14F3N3O/c1-9-11(14(22)20-10-6-7-10)8-19-21(9)13-5-3-2-4-12(13)15(16,17)18/h2-5,8,10H,6-7H2,1H3,(H,20,22). The Kier molecular flexibility index (Phi) is 3.42. The summed E-state index contributed by atoms with van der Waals surface area (Å²) in [4.78, 5) is 12.1. The number of alkyl halides is 3. The smallest absolute Gasteiger partial charge is 0.349 e. The lowest BCUT2D eigenvalue weighted by Crippen LogP contribution is -2.25. The largest absolute Gasteiger partial charge is 0.418 e. The predicted octanol–water partition coefficient (Wildman–Crippen LogP) is 3.09. The van der Waals surface area contributed by atoms with Crippen molar-refractivity contribution in [2.45, 2.75) is 32.0 Å². The van der Waals surface area contributed by atoms with Gasteiger partial charge in [-0.1, -0.05) is 12.1 Å². The van der Waals surface area contributed by atoms with Gasteiger partial charge in [0, 0.05) is 6.04 Å². The van der Waals surface area contributed by atoms with Crippen molar-refractivity contribution in [1.29, 1.82) is 0 Å². The second-order valence-electron chi connectivity index (χ2n) is 5.32. The van der Waals surface area contributed by atoms with E-state index in [0.29, 0.717) is 11.3 Å². The first kappa shape index (κ1) is 14.6. The van der Waals surface area contributed by atoms with Crippen LogP contribution in [0.2, 0.25) is 0 Å². The van der Waals surface area contributed by atoms with Crippen molar-refractivity contribution in [2.24, 2.45) is 0 Å². The number of halogens is 3. The average Bonchev–Trinajstić information content (AvgIpc) is 3.18. The second-order valence-corrected chi connectivity index (χ2v) is 5.32. The van der Waals surface area contributed by atoms with Gasteiger partial charge in [0.15, 0.2) is 0 Å². The van der Waals surface area contributed by atoms with Gasteiger partial charge in [-0.05, 0) is 31.9 Å². The first-order chi connectivity index (χ1) is 10.4. The molecule has 3 rings (SSSR count). The summed E-state index contributed by atoms with van der Waals surface area (Å²) >= 11 is 0. The van der Waals surface area contributed by atoms with Crippen molar-refractivity contribution in [3.8, 4) is 5.69 Å². The van der Waals surface area contributed by atoms with Gasteiger partial charge >= 0.3 is 6.18 Å². The Morgan fingerprint density at radius 3 is 2.64 bits per heavy atom. The molecule has 22 heavy (non-hydrogen) atoms. The molecule has 0 saturated heterocycles. The highest BCUT2D eigenvalue weighted by molar-refractivity contribution is 5.95. The molecule has 0 bridgehead atoms. The number of carbonyl (C=O) groups is 1. The molecule has 1 heterocycles. The van der Waals surface area contributed by atoms with E-state index in [1.54, 1.807) is 6.92 Å². The van der Waals surface area contributed by atoms with Crippen LogP contribution in [0, 0.1) is 6.92 Å². The Bertz CT molecular complexity index is 717. The molecule has 2 aromatic rings. The summed E-state index contributed by atoms with van der Waals surface area (Å²) in [5.74, 6) is -0.296. The Morgan fingerprint density at radius 1 is 1.32 bits per heavy atom. The molecule has 1 fully saturated rings. The molecule has 1 aromatic heterocycles. The molecular weight excluding hydrogens is 295 g/mol. The predicted molar refractivity (Wildman–Crippen MR) is 73.8 cm³/mol. The number of carbonyl (C=O) groups excluding carboxylic acids is 1. The van der Waals surface area contributed by atoms with Gasteiger partial charge in [0.1, 0.15) is 0 Å². The summed E-state index contributed by atoms with van der Waals surface area (Å²) in [7, 11) is 0. The van der Waals surface area contributed by atoms with Crippen molar-refractivity contribution < 1.29 is 18.0 Å². The van der Waals surface area contributed by atoms with Gasteiger partial charge in [-0.25, -0.2) is 4.68 Å². The minimum absolute atomic E-state index is 0.0852. The maximum absolute atomic E-state index is 13.1. The number of nitrogens with one attached hydrogen (secondary N) is 1. The summed E-state index contributed by atoms with van der Waals surface area (Å²) < 4.78 is 40.4. The van der Waals surface area contributed by atoms with Gasteiger partial charge < -0.3 is 5.32 Å². The van der Waals surface area contributed by atoms with Crippen LogP contribution in [0.5, 0.6) is 0 Å². The van der Waals surface area contributed by atoms with Crippen LogP contribution in [0.4, 0.5) is 13.2 Å². The highest BCUT2D eigenvalue weighted by atomic mass is 19.4. The van der Waals surface area contributed by atoms with E-state index in [9.17, 15) is 18.0 Å². The van der Waals surface area contributed by atoms with E-state index in [1.165, 1.54) is 24.4 Å². The number of hydrogen-bond acceptors (Lipinski definition) is 2. The third-order valence-electron chi connectivity index (χ3n) is 3.60. The number of hydrogen-bond donors (Lipinski definition) is 1. The Hall–Kier alpha value is -2.31. The van der Waals surface area contributed by atoms with Crippen LogP contribution in [0.1, 0.15) is 34.5 Å². The third kappa shape index (κ3) is 2.70. The van der Waals surface area contributed by atoms with Gasteiger partial charge in [0.2, 0.25) is 0 Å². The van der Waals surface area contributed by atoms with Crippen molar-refractivity contribution in [2.75, 3.05) is 0 Å². The molecule has 1 saturated carbocycles. The van der Waals surface area contributed by atoms with E-state index in [2.05, 4.69) is 10.4 Å². The normalized spacial score (nSPS) is 14.9. The molecule has 7 heteroatoms. The van der Waals surface area contributed by atoms with Crippen LogP contribution in [-0.4, -0.2) is 21.7 Å². The topological polar surface area (TPSA) is 46.9 Å². The number of aromatic nitrogens is 2. The third-order valence-corrected chi connectivity index (χ3v) is 3.60. The molecule has 0 radical (unpaired) electrons. The first-order valence-corrected chi connectivity index (χ1v) is 6.90. The maximum atomic E-state index is 13.1. The van der Waals surface area contributed by atoms with E-state index in [1.807, 2.05) is 0 Å². The molecule has 0 unspecified atom stereocenters. The van der Waals surface area contributed by atoms with E-state index in [4.69, 9.17) is 0 Å². The van der Waals surface area contributed by atoms with Gasteiger partial charge in [0.25, 0.3) is 5.91 Å². The lowest BCUT2D eigenvalue weighted by Gasteiger charge is -2.13. The minimum atomic E-state index is -4.48. The zero-order valence-corrected chi connectivity index (χ0v) is 11.8. The highest BCUT2D eigenvalue weighted by Gasteiger charge is 2.34. The zero-order chi connectivity index (χ0) is 15.9. The summed E-state index contributed by atoms with van der Waals surface area (Å²) in [6.45, 7) is 1.59. The molecule has 0 atom stereocenters. The molecule has 1 amide bonds. The van der Waals surface area contributed by atoms with Crippen molar-refractivity contribution in [3.05, 3.63) is 47.3 Å². The quantitative estimate of drug-likeness (QED) is 0.947. The molecule has 1 aromatic carbocycles. The van der Waals surface area contributed by atoms with Crippen molar-refractivity contribution >= 4 is 5.91 Å². The molecule has 116 valence electrons. The minimum Gasteiger partial charge on any atom is -0.349 e. The Balaban J connectivity index is 2.00. The highest BCUT2D eigenvalue weighted by Crippen LogP contribution is 2.34. The number of nitrogens with zero attached hydrogens (tertiary/aromatic N) is 2. The van der Waals surface area contributed by atoms with Crippen molar-refractivity contribution in [3.63, 3.8) is 0 Å². The number of benzene rings is 1. The molecule has 4 nitrogen and oxygen atoms in total. The SMILES string of the molecule is Cc1c(C(=O)NC2CC2)cnn1-c1ccccc1C(F)(F)F. The Labute approximate surface area is 124 Å². The van der Waals surface area contributed by atoms with Crippen LogP contribution in [0.25, 0.3) is 5.69 Å². The van der Waals surface area contributed by atoms with E-state index >= 15 is 0 Å².